The number of nitrogens with zero attached hydrogens (tertiary/aromatic N) is 3. The van der Waals surface area contributed by atoms with E-state index in [-0.39, 0.29) is 22.6 Å². The van der Waals surface area contributed by atoms with Crippen molar-refractivity contribution in [1.29, 1.82) is 0 Å². The van der Waals surface area contributed by atoms with E-state index < -0.39 is 5.56 Å². The minimum Gasteiger partial charge on any atom is -0.494 e. The highest BCUT2D eigenvalue weighted by molar-refractivity contribution is 7.15. The smallest absolute Gasteiger partial charge is 0.296 e. The summed E-state index contributed by atoms with van der Waals surface area (Å²) in [5.41, 5.74) is 2.09. The molecule has 8 nitrogen and oxygen atoms in total. The van der Waals surface area contributed by atoms with E-state index >= 15 is 0 Å². The van der Waals surface area contributed by atoms with E-state index in [1.54, 1.807) is 19.3 Å². The first-order valence-corrected chi connectivity index (χ1v) is 13.4. The number of benzene rings is 3. The van der Waals surface area contributed by atoms with Crippen LogP contribution in [0.1, 0.15) is 35.7 Å². The van der Waals surface area contributed by atoms with Crippen LogP contribution in [0.15, 0.2) is 82.4 Å². The van der Waals surface area contributed by atoms with E-state index in [4.69, 9.17) is 14.2 Å². The average molecular weight is 542 g/mol. The Bertz CT molecular complexity index is 1750. The van der Waals surface area contributed by atoms with E-state index in [1.165, 1.54) is 4.52 Å². The van der Waals surface area contributed by atoms with Crippen LogP contribution in [0.2, 0.25) is 0 Å². The molecule has 2 aromatic heterocycles. The standard InChI is InChI=1S/C30H27N3O5S/c1-3-15-37-23-12-9-20(10-13-23)16-24-28(34)31-30-33(32-24)29(35)27(39-30)18-22-11-14-25(26(17-22)36-2)38-19-21-7-5-4-6-8-21/h4-14,17-18H,3,15-16,19H2,1-2H3/b27-18+. The monoisotopic (exact) mass is 541 g/mol. The summed E-state index contributed by atoms with van der Waals surface area (Å²) in [6, 6.07) is 22.8. The largest absolute Gasteiger partial charge is 0.494 e. The van der Waals surface area contributed by atoms with Crippen molar-refractivity contribution >= 4 is 22.4 Å². The van der Waals surface area contributed by atoms with Gasteiger partial charge in [0.15, 0.2) is 11.5 Å². The quantitative estimate of drug-likeness (QED) is 0.264. The van der Waals surface area contributed by atoms with Crippen molar-refractivity contribution in [3.63, 3.8) is 0 Å². The molecule has 0 amide bonds. The number of ether oxygens (including phenoxy) is 3. The fourth-order valence-corrected chi connectivity index (χ4v) is 4.85. The Morgan fingerprint density at radius 2 is 1.72 bits per heavy atom. The number of aromatic nitrogens is 3. The van der Waals surface area contributed by atoms with Crippen LogP contribution >= 0.6 is 11.3 Å². The Morgan fingerprint density at radius 1 is 0.923 bits per heavy atom. The average Bonchev–Trinajstić information content (AvgIpc) is 3.25. The minimum absolute atomic E-state index is 0.206. The second-order valence-electron chi connectivity index (χ2n) is 8.83. The normalized spacial score (nSPS) is 11.6. The maximum atomic E-state index is 13.1. The summed E-state index contributed by atoms with van der Waals surface area (Å²) in [5, 5.41) is 4.35. The number of fused-ring (bicyclic) bond motifs is 1. The first kappa shape index (κ1) is 26.1. The van der Waals surface area contributed by atoms with Crippen LogP contribution in [-0.2, 0) is 13.0 Å². The van der Waals surface area contributed by atoms with Crippen molar-refractivity contribution in [2.24, 2.45) is 0 Å². The maximum Gasteiger partial charge on any atom is 0.296 e. The summed E-state index contributed by atoms with van der Waals surface area (Å²) < 4.78 is 18.7. The van der Waals surface area contributed by atoms with Crippen molar-refractivity contribution in [3.05, 3.63) is 120 Å². The molecule has 5 aromatic rings. The third kappa shape index (κ3) is 6.15. The van der Waals surface area contributed by atoms with Crippen LogP contribution in [0.3, 0.4) is 0 Å². The Morgan fingerprint density at radius 3 is 2.46 bits per heavy atom. The van der Waals surface area contributed by atoms with Crippen LogP contribution in [0.5, 0.6) is 17.2 Å². The van der Waals surface area contributed by atoms with Gasteiger partial charge in [0.1, 0.15) is 18.1 Å². The second-order valence-corrected chi connectivity index (χ2v) is 9.84. The van der Waals surface area contributed by atoms with Gasteiger partial charge < -0.3 is 14.2 Å². The highest BCUT2D eigenvalue weighted by Crippen LogP contribution is 2.29. The van der Waals surface area contributed by atoms with E-state index in [0.29, 0.717) is 29.2 Å². The van der Waals surface area contributed by atoms with E-state index in [2.05, 4.69) is 10.1 Å². The van der Waals surface area contributed by atoms with E-state index in [0.717, 1.165) is 40.2 Å². The SMILES string of the molecule is CCCOc1ccc(Cc2nn3c(=O)/c(=C\c4ccc(OCc5ccccc5)c(OC)c4)sc3nc2=O)cc1. The second kappa shape index (κ2) is 11.9. The minimum atomic E-state index is -0.448. The Hall–Kier alpha value is -4.50. The van der Waals surface area contributed by atoms with Gasteiger partial charge in [-0.2, -0.15) is 14.6 Å². The summed E-state index contributed by atoms with van der Waals surface area (Å²) in [6.07, 6.45) is 2.92. The Balaban J connectivity index is 1.39. The van der Waals surface area contributed by atoms with Gasteiger partial charge in [-0.1, -0.05) is 66.8 Å². The molecule has 0 aliphatic carbocycles. The predicted octanol–water partition coefficient (Wildman–Crippen LogP) is 4.03. The predicted molar refractivity (Wildman–Crippen MR) is 151 cm³/mol. The third-order valence-corrected chi connectivity index (χ3v) is 6.90. The molecule has 0 fully saturated rings. The van der Waals surface area contributed by atoms with Crippen molar-refractivity contribution in [3.8, 4) is 17.2 Å². The van der Waals surface area contributed by atoms with Crippen LogP contribution in [0.4, 0.5) is 0 Å². The van der Waals surface area contributed by atoms with Gasteiger partial charge in [-0.3, -0.25) is 9.59 Å². The molecule has 0 saturated carbocycles. The molecule has 39 heavy (non-hydrogen) atoms. The molecule has 0 saturated heterocycles. The number of thiazole rings is 1. The molecule has 3 aromatic carbocycles. The van der Waals surface area contributed by atoms with Gasteiger partial charge in [-0.15, -0.1) is 0 Å². The molecule has 0 N–H and O–H groups in total. The first-order chi connectivity index (χ1) is 19.0. The van der Waals surface area contributed by atoms with Crippen LogP contribution in [0, 0.1) is 0 Å². The lowest BCUT2D eigenvalue weighted by Crippen LogP contribution is -2.28. The molecule has 0 aliphatic rings. The van der Waals surface area contributed by atoms with E-state index in [9.17, 15) is 9.59 Å². The Kier molecular flexibility index (Phi) is 7.98. The molecular weight excluding hydrogens is 514 g/mol. The number of hydrogen-bond acceptors (Lipinski definition) is 8. The summed E-state index contributed by atoms with van der Waals surface area (Å²) in [5.74, 6) is 1.92. The molecule has 0 radical (unpaired) electrons. The first-order valence-electron chi connectivity index (χ1n) is 12.5. The lowest BCUT2D eigenvalue weighted by molar-refractivity contribution is 0.284. The van der Waals surface area contributed by atoms with Gasteiger partial charge in [0.2, 0.25) is 4.96 Å². The van der Waals surface area contributed by atoms with Crippen LogP contribution in [-0.4, -0.2) is 28.3 Å². The number of methoxy groups -OCH3 is 1. The fourth-order valence-electron chi connectivity index (χ4n) is 3.95. The Labute approximate surface area is 228 Å². The van der Waals surface area contributed by atoms with Crippen molar-refractivity contribution in [2.75, 3.05) is 13.7 Å². The topological polar surface area (TPSA) is 92.0 Å². The molecular formula is C30H27N3O5S. The molecule has 198 valence electrons. The van der Waals surface area contributed by atoms with Crippen LogP contribution < -0.4 is 29.9 Å². The molecule has 9 heteroatoms. The number of hydrogen-bond donors (Lipinski definition) is 0. The highest BCUT2D eigenvalue weighted by atomic mass is 32.1. The molecule has 0 atom stereocenters. The highest BCUT2D eigenvalue weighted by Gasteiger charge is 2.13. The molecule has 2 heterocycles. The zero-order valence-electron chi connectivity index (χ0n) is 21.6. The zero-order valence-corrected chi connectivity index (χ0v) is 22.4. The van der Waals surface area contributed by atoms with Gasteiger partial charge in [0.25, 0.3) is 11.1 Å². The molecule has 5 rings (SSSR count). The molecule has 0 unspecified atom stereocenters. The van der Waals surface area contributed by atoms with Gasteiger partial charge in [-0.05, 0) is 53.5 Å². The molecule has 0 spiro atoms. The van der Waals surface area contributed by atoms with E-state index in [1.807, 2.05) is 73.7 Å². The van der Waals surface area contributed by atoms with Crippen LogP contribution in [0.25, 0.3) is 11.0 Å². The lowest BCUT2D eigenvalue weighted by Gasteiger charge is -2.11. The van der Waals surface area contributed by atoms with Crippen molar-refractivity contribution < 1.29 is 14.2 Å². The third-order valence-electron chi connectivity index (χ3n) is 5.94. The van der Waals surface area contributed by atoms with Crippen molar-refractivity contribution in [1.82, 2.24) is 14.6 Å². The summed E-state index contributed by atoms with van der Waals surface area (Å²) >= 11 is 1.12. The summed E-state index contributed by atoms with van der Waals surface area (Å²) in [7, 11) is 1.57. The van der Waals surface area contributed by atoms with Gasteiger partial charge in [0, 0.05) is 6.42 Å². The fraction of sp³-hybridized carbons (Fsp3) is 0.200. The zero-order chi connectivity index (χ0) is 27.2. The van der Waals surface area contributed by atoms with Gasteiger partial charge in [0.05, 0.1) is 18.2 Å². The van der Waals surface area contributed by atoms with Gasteiger partial charge in [-0.25, -0.2) is 0 Å². The maximum absolute atomic E-state index is 13.1. The summed E-state index contributed by atoms with van der Waals surface area (Å²) in [6.45, 7) is 3.10. The van der Waals surface area contributed by atoms with Gasteiger partial charge >= 0.3 is 0 Å². The molecule has 0 aliphatic heterocycles. The number of rotatable bonds is 10. The molecule has 0 bridgehead atoms. The van der Waals surface area contributed by atoms with Crippen molar-refractivity contribution in [2.45, 2.75) is 26.4 Å². The summed E-state index contributed by atoms with van der Waals surface area (Å²) in [4.78, 5) is 30.2. The lowest BCUT2D eigenvalue weighted by atomic mass is 10.1.